The van der Waals surface area contributed by atoms with E-state index in [2.05, 4.69) is 6.92 Å². The van der Waals surface area contributed by atoms with Crippen LogP contribution < -0.4 is 0 Å². The van der Waals surface area contributed by atoms with Gasteiger partial charge < -0.3 is 0 Å². The minimum Gasteiger partial charge on any atom is -0.236 e. The van der Waals surface area contributed by atoms with Gasteiger partial charge in [-0.05, 0) is 24.7 Å². The van der Waals surface area contributed by atoms with Crippen molar-refractivity contribution in [2.75, 3.05) is 6.61 Å². The van der Waals surface area contributed by atoms with Gasteiger partial charge in [0.15, 0.2) is 0 Å². The Labute approximate surface area is 69.8 Å². The van der Waals surface area contributed by atoms with E-state index in [1.54, 1.807) is 0 Å². The fourth-order valence-electron chi connectivity index (χ4n) is 2.10. The van der Waals surface area contributed by atoms with Crippen LogP contribution in [0.2, 0.25) is 0 Å². The summed E-state index contributed by atoms with van der Waals surface area (Å²) in [6.45, 7) is 2.42. The zero-order valence-electron chi connectivity index (χ0n) is 7.51. The molecule has 0 aliphatic heterocycles. The third-order valence-corrected chi connectivity index (χ3v) is 2.90. The van der Waals surface area contributed by atoms with Crippen LogP contribution in [0, 0.1) is 11.8 Å². The molecule has 0 aromatic rings. The molecule has 1 rings (SSSR count). The van der Waals surface area contributed by atoms with Crippen molar-refractivity contribution < 1.29 is 5.11 Å². The van der Waals surface area contributed by atoms with Gasteiger partial charge in [0.05, 0.1) is 6.61 Å². The lowest BCUT2D eigenvalue weighted by atomic mass is 9.80. The molecule has 0 aromatic heterocycles. The molecule has 0 aromatic carbocycles. The summed E-state index contributed by atoms with van der Waals surface area (Å²) in [5, 5.41) is 10.5. The van der Waals surface area contributed by atoms with E-state index in [1.165, 1.54) is 38.5 Å². The average Bonchev–Trinajstić information content (AvgIpc) is 2.07. The highest BCUT2D eigenvalue weighted by molar-refractivity contribution is 4.71. The molecule has 1 fully saturated rings. The van der Waals surface area contributed by atoms with E-state index in [4.69, 9.17) is 0 Å². The van der Waals surface area contributed by atoms with Crippen LogP contribution in [0.3, 0.4) is 0 Å². The van der Waals surface area contributed by atoms with Crippen LogP contribution >= 0.6 is 0 Å². The minimum atomic E-state index is 0.166. The Hall–Kier alpha value is -0.0400. The summed E-state index contributed by atoms with van der Waals surface area (Å²) in [4.78, 5) is 0. The molecule has 11 heavy (non-hydrogen) atoms. The third kappa shape index (κ3) is 2.82. The van der Waals surface area contributed by atoms with E-state index >= 15 is 0 Å². The molecule has 1 radical (unpaired) electrons. The highest BCUT2D eigenvalue weighted by Crippen LogP contribution is 2.30. The molecule has 0 N–H and O–H groups in total. The van der Waals surface area contributed by atoms with Crippen molar-refractivity contribution in [3.05, 3.63) is 0 Å². The second kappa shape index (κ2) is 4.76. The van der Waals surface area contributed by atoms with E-state index in [0.29, 0.717) is 5.92 Å². The molecule has 0 bridgehead atoms. The average molecular weight is 155 g/mol. The topological polar surface area (TPSA) is 19.9 Å². The number of hydrogen-bond donors (Lipinski definition) is 0. The molecule has 0 unspecified atom stereocenters. The van der Waals surface area contributed by atoms with Gasteiger partial charge >= 0.3 is 0 Å². The van der Waals surface area contributed by atoms with Crippen molar-refractivity contribution >= 4 is 0 Å². The normalized spacial score (nSPS) is 32.2. The minimum absolute atomic E-state index is 0.166. The van der Waals surface area contributed by atoms with Gasteiger partial charge in [-0.15, -0.1) is 0 Å². The maximum atomic E-state index is 10.5. The fraction of sp³-hybridized carbons (Fsp3) is 1.00. The molecule has 1 saturated carbocycles. The van der Waals surface area contributed by atoms with Crippen LogP contribution in [0.15, 0.2) is 0 Å². The Morgan fingerprint density at radius 1 is 1.09 bits per heavy atom. The molecule has 1 nitrogen and oxygen atoms in total. The van der Waals surface area contributed by atoms with Crippen molar-refractivity contribution in [1.82, 2.24) is 0 Å². The van der Waals surface area contributed by atoms with Gasteiger partial charge in [-0.3, -0.25) is 0 Å². The van der Waals surface area contributed by atoms with Gasteiger partial charge in [0.1, 0.15) is 0 Å². The highest BCUT2D eigenvalue weighted by Gasteiger charge is 2.19. The maximum Gasteiger partial charge on any atom is 0.0850 e. The lowest BCUT2D eigenvalue weighted by Crippen LogP contribution is -2.16. The van der Waals surface area contributed by atoms with Crippen LogP contribution in [-0.2, 0) is 5.11 Å². The number of rotatable bonds is 3. The van der Waals surface area contributed by atoms with Crippen molar-refractivity contribution in [3.8, 4) is 0 Å². The van der Waals surface area contributed by atoms with Gasteiger partial charge in [0.2, 0.25) is 0 Å². The first kappa shape index (κ1) is 9.05. The molecule has 0 heterocycles. The van der Waals surface area contributed by atoms with Gasteiger partial charge in [0, 0.05) is 0 Å². The predicted molar refractivity (Wildman–Crippen MR) is 45.9 cm³/mol. The van der Waals surface area contributed by atoms with Crippen LogP contribution in [0.25, 0.3) is 0 Å². The first-order chi connectivity index (χ1) is 5.36. The van der Waals surface area contributed by atoms with Crippen LogP contribution in [0.4, 0.5) is 0 Å². The Balaban J connectivity index is 2.14. The Bertz CT molecular complexity index is 93.0. The predicted octanol–water partition coefficient (Wildman–Crippen LogP) is 3.02. The van der Waals surface area contributed by atoms with Crippen molar-refractivity contribution in [2.24, 2.45) is 11.8 Å². The van der Waals surface area contributed by atoms with Crippen molar-refractivity contribution in [2.45, 2.75) is 45.4 Å². The molecule has 1 aliphatic rings. The Morgan fingerprint density at radius 3 is 2.09 bits per heavy atom. The second-order valence-corrected chi connectivity index (χ2v) is 3.84. The van der Waals surface area contributed by atoms with Crippen molar-refractivity contribution in [1.29, 1.82) is 0 Å². The summed E-state index contributed by atoms with van der Waals surface area (Å²) in [6.07, 6.45) is 7.74. The van der Waals surface area contributed by atoms with Gasteiger partial charge in [-0.2, -0.15) is 0 Å². The maximum absolute atomic E-state index is 10.5. The number of hydrogen-bond acceptors (Lipinski definition) is 0. The summed E-state index contributed by atoms with van der Waals surface area (Å²) in [5.74, 6) is 1.46. The standard InChI is InChI=1S/C10H19O/c1-2-3-9-4-6-10(8-11)7-5-9/h9-10H,2-8H2,1H3/t9-,10-. The molecule has 1 aliphatic carbocycles. The van der Waals surface area contributed by atoms with E-state index in [1.807, 2.05) is 0 Å². The molecular formula is C10H19O. The first-order valence-corrected chi connectivity index (χ1v) is 4.95. The lowest BCUT2D eigenvalue weighted by molar-refractivity contribution is 0.108. The summed E-state index contributed by atoms with van der Waals surface area (Å²) >= 11 is 0. The molecule has 1 heteroatoms. The molecule has 0 atom stereocenters. The molecular weight excluding hydrogens is 136 g/mol. The quantitative estimate of drug-likeness (QED) is 0.597. The Kier molecular flexibility index (Phi) is 3.92. The zero-order chi connectivity index (χ0) is 8.10. The van der Waals surface area contributed by atoms with Crippen molar-refractivity contribution in [3.63, 3.8) is 0 Å². The molecule has 65 valence electrons. The summed E-state index contributed by atoms with van der Waals surface area (Å²) < 4.78 is 0. The molecule has 0 spiro atoms. The largest absolute Gasteiger partial charge is 0.236 e. The van der Waals surface area contributed by atoms with Crippen LogP contribution in [0.5, 0.6) is 0 Å². The summed E-state index contributed by atoms with van der Waals surface area (Å²) in [5.41, 5.74) is 0. The summed E-state index contributed by atoms with van der Waals surface area (Å²) in [7, 11) is 0. The smallest absolute Gasteiger partial charge is 0.0850 e. The monoisotopic (exact) mass is 155 g/mol. The second-order valence-electron chi connectivity index (χ2n) is 3.84. The van der Waals surface area contributed by atoms with Gasteiger partial charge in [-0.25, -0.2) is 5.11 Å². The van der Waals surface area contributed by atoms with E-state index < -0.39 is 0 Å². The highest BCUT2D eigenvalue weighted by atomic mass is 16.3. The van der Waals surface area contributed by atoms with Gasteiger partial charge in [-0.1, -0.05) is 32.6 Å². The summed E-state index contributed by atoms with van der Waals surface area (Å²) in [6, 6.07) is 0. The van der Waals surface area contributed by atoms with E-state index in [9.17, 15) is 5.11 Å². The molecule has 0 amide bonds. The third-order valence-electron chi connectivity index (χ3n) is 2.90. The van der Waals surface area contributed by atoms with Crippen LogP contribution in [0.1, 0.15) is 45.4 Å². The van der Waals surface area contributed by atoms with Gasteiger partial charge in [0.25, 0.3) is 0 Å². The van der Waals surface area contributed by atoms with E-state index in [0.717, 1.165) is 5.92 Å². The zero-order valence-corrected chi connectivity index (χ0v) is 7.51. The van der Waals surface area contributed by atoms with E-state index in [-0.39, 0.29) is 6.61 Å². The lowest BCUT2D eigenvalue weighted by Gasteiger charge is -2.26. The Morgan fingerprint density at radius 2 is 1.64 bits per heavy atom. The SMILES string of the molecule is CCC[C@H]1CC[C@H](C[O])CC1. The fourth-order valence-corrected chi connectivity index (χ4v) is 2.10. The van der Waals surface area contributed by atoms with Crippen LogP contribution in [-0.4, -0.2) is 6.61 Å². The first-order valence-electron chi connectivity index (χ1n) is 4.95. The molecule has 0 saturated heterocycles.